The molecule has 2 N–H and O–H groups in total. The molecule has 5 nitrogen and oxygen atoms in total. The first-order valence-electron chi connectivity index (χ1n) is 7.23. The molecule has 2 fully saturated rings. The molecule has 2 amide bonds. The van der Waals surface area contributed by atoms with E-state index >= 15 is 0 Å². The summed E-state index contributed by atoms with van der Waals surface area (Å²) in [5.41, 5.74) is -0.114. The first-order valence-corrected chi connectivity index (χ1v) is 7.23. The van der Waals surface area contributed by atoms with Gasteiger partial charge in [0.15, 0.2) is 0 Å². The van der Waals surface area contributed by atoms with Gasteiger partial charge in [-0.2, -0.15) is 0 Å². The first-order chi connectivity index (χ1) is 8.92. The third kappa shape index (κ3) is 3.01. The molecule has 0 radical (unpaired) electrons. The molecule has 0 aromatic rings. The van der Waals surface area contributed by atoms with Crippen molar-refractivity contribution in [3.63, 3.8) is 0 Å². The standard InChI is InChI=1S/C14H24N2O3/c1-14(2)8-5-9-16(14)13(19)15-11-7-4-3-6-10(11)12(17)18/h10-11H,3-9H2,1-2H3,(H,15,19)(H,17,18). The van der Waals surface area contributed by atoms with Crippen molar-refractivity contribution in [1.29, 1.82) is 0 Å². The lowest BCUT2D eigenvalue weighted by atomic mass is 9.84. The van der Waals surface area contributed by atoms with Gasteiger partial charge >= 0.3 is 12.0 Å². The van der Waals surface area contributed by atoms with Crippen LogP contribution in [0.3, 0.4) is 0 Å². The van der Waals surface area contributed by atoms with Crippen molar-refractivity contribution < 1.29 is 14.7 Å². The van der Waals surface area contributed by atoms with Crippen LogP contribution in [0, 0.1) is 5.92 Å². The Kier molecular flexibility index (Phi) is 4.02. The number of carboxylic acids is 1. The van der Waals surface area contributed by atoms with E-state index in [0.717, 1.165) is 38.6 Å². The molecule has 1 saturated heterocycles. The number of carbonyl (C=O) groups is 2. The van der Waals surface area contributed by atoms with Gasteiger partial charge in [-0.1, -0.05) is 12.8 Å². The fourth-order valence-corrected chi connectivity index (χ4v) is 3.32. The van der Waals surface area contributed by atoms with Crippen molar-refractivity contribution in [1.82, 2.24) is 10.2 Å². The van der Waals surface area contributed by atoms with E-state index in [0.29, 0.717) is 6.42 Å². The van der Waals surface area contributed by atoms with Crippen molar-refractivity contribution in [3.8, 4) is 0 Å². The number of rotatable bonds is 2. The van der Waals surface area contributed by atoms with E-state index in [4.69, 9.17) is 0 Å². The molecular weight excluding hydrogens is 244 g/mol. The highest BCUT2D eigenvalue weighted by Crippen LogP contribution is 2.29. The quantitative estimate of drug-likeness (QED) is 0.806. The van der Waals surface area contributed by atoms with E-state index < -0.39 is 11.9 Å². The summed E-state index contributed by atoms with van der Waals surface area (Å²) in [5.74, 6) is -1.21. The van der Waals surface area contributed by atoms with Gasteiger partial charge in [-0.3, -0.25) is 4.79 Å². The van der Waals surface area contributed by atoms with Crippen molar-refractivity contribution >= 4 is 12.0 Å². The Bertz CT molecular complexity index is 368. The van der Waals surface area contributed by atoms with Crippen LogP contribution in [0.4, 0.5) is 4.79 Å². The lowest BCUT2D eigenvalue weighted by Gasteiger charge is -2.35. The summed E-state index contributed by atoms with van der Waals surface area (Å²) in [6, 6.07) is -0.309. The van der Waals surface area contributed by atoms with Crippen molar-refractivity contribution in [2.45, 2.75) is 64.0 Å². The van der Waals surface area contributed by atoms with Gasteiger partial charge in [-0.05, 0) is 39.5 Å². The van der Waals surface area contributed by atoms with E-state index in [1.165, 1.54) is 0 Å². The Labute approximate surface area is 114 Å². The van der Waals surface area contributed by atoms with Crippen molar-refractivity contribution in [2.75, 3.05) is 6.54 Å². The topological polar surface area (TPSA) is 69.6 Å². The maximum atomic E-state index is 12.3. The molecule has 2 aliphatic rings. The fraction of sp³-hybridized carbons (Fsp3) is 0.857. The Balaban J connectivity index is 1.99. The van der Waals surface area contributed by atoms with Crippen LogP contribution in [-0.2, 0) is 4.79 Å². The number of nitrogens with zero attached hydrogens (tertiary/aromatic N) is 1. The number of aliphatic carboxylic acids is 1. The van der Waals surface area contributed by atoms with Crippen molar-refractivity contribution in [3.05, 3.63) is 0 Å². The fourth-order valence-electron chi connectivity index (χ4n) is 3.32. The van der Waals surface area contributed by atoms with Gasteiger partial charge in [0.25, 0.3) is 0 Å². The molecule has 2 unspecified atom stereocenters. The minimum Gasteiger partial charge on any atom is -0.481 e. The number of urea groups is 1. The average Bonchev–Trinajstić information content (AvgIpc) is 2.69. The Morgan fingerprint density at radius 2 is 1.89 bits per heavy atom. The molecule has 0 aromatic heterocycles. The highest BCUT2D eigenvalue weighted by molar-refractivity contribution is 5.77. The summed E-state index contributed by atoms with van der Waals surface area (Å²) >= 11 is 0. The van der Waals surface area contributed by atoms with Gasteiger partial charge in [-0.15, -0.1) is 0 Å². The van der Waals surface area contributed by atoms with Gasteiger partial charge in [0, 0.05) is 18.1 Å². The maximum Gasteiger partial charge on any atom is 0.318 e. The number of carboxylic acid groups (broad SMARTS) is 1. The van der Waals surface area contributed by atoms with E-state index in [1.54, 1.807) is 0 Å². The average molecular weight is 268 g/mol. The Hall–Kier alpha value is -1.26. The van der Waals surface area contributed by atoms with Crippen LogP contribution in [0.1, 0.15) is 52.4 Å². The van der Waals surface area contributed by atoms with Gasteiger partial charge in [0.05, 0.1) is 5.92 Å². The smallest absolute Gasteiger partial charge is 0.318 e. The van der Waals surface area contributed by atoms with E-state index in [9.17, 15) is 14.7 Å². The van der Waals surface area contributed by atoms with Crippen LogP contribution in [0.2, 0.25) is 0 Å². The van der Waals surface area contributed by atoms with Crippen LogP contribution in [0.15, 0.2) is 0 Å². The molecule has 5 heteroatoms. The molecule has 0 spiro atoms. The third-order valence-corrected chi connectivity index (χ3v) is 4.54. The predicted octanol–water partition coefficient (Wildman–Crippen LogP) is 2.21. The van der Waals surface area contributed by atoms with Gasteiger partial charge in [-0.25, -0.2) is 4.79 Å². The molecule has 1 aliphatic heterocycles. The van der Waals surface area contributed by atoms with Gasteiger partial charge in [0.1, 0.15) is 0 Å². The summed E-state index contributed by atoms with van der Waals surface area (Å²) in [4.78, 5) is 25.4. The summed E-state index contributed by atoms with van der Waals surface area (Å²) in [6.45, 7) is 4.90. The third-order valence-electron chi connectivity index (χ3n) is 4.54. The minimum absolute atomic E-state index is 0.0966. The lowest BCUT2D eigenvalue weighted by molar-refractivity contribution is -0.143. The summed E-state index contributed by atoms with van der Waals surface area (Å²) in [6.07, 6.45) is 5.41. The van der Waals surface area contributed by atoms with Crippen LogP contribution in [-0.4, -0.2) is 40.1 Å². The second kappa shape index (κ2) is 5.39. The number of likely N-dealkylation sites (tertiary alicyclic amines) is 1. The van der Waals surface area contributed by atoms with Crippen molar-refractivity contribution in [2.24, 2.45) is 5.92 Å². The SMILES string of the molecule is CC1(C)CCCN1C(=O)NC1CCCCC1C(=O)O. The Morgan fingerprint density at radius 3 is 2.47 bits per heavy atom. The van der Waals surface area contributed by atoms with Crippen LogP contribution in [0.25, 0.3) is 0 Å². The minimum atomic E-state index is -0.786. The summed E-state index contributed by atoms with van der Waals surface area (Å²) < 4.78 is 0. The lowest BCUT2D eigenvalue weighted by Crippen LogP contribution is -2.53. The molecule has 108 valence electrons. The highest BCUT2D eigenvalue weighted by Gasteiger charge is 2.38. The van der Waals surface area contributed by atoms with Crippen LogP contribution >= 0.6 is 0 Å². The molecule has 0 aromatic carbocycles. The zero-order valence-electron chi connectivity index (χ0n) is 11.8. The molecule has 2 rings (SSSR count). The molecular formula is C14H24N2O3. The second-order valence-corrected chi connectivity index (χ2v) is 6.35. The molecule has 0 bridgehead atoms. The molecule has 1 heterocycles. The van der Waals surface area contributed by atoms with Gasteiger partial charge in [0.2, 0.25) is 0 Å². The Morgan fingerprint density at radius 1 is 1.21 bits per heavy atom. The zero-order chi connectivity index (χ0) is 14.0. The predicted molar refractivity (Wildman–Crippen MR) is 71.9 cm³/mol. The monoisotopic (exact) mass is 268 g/mol. The largest absolute Gasteiger partial charge is 0.481 e. The number of hydrogen-bond donors (Lipinski definition) is 2. The number of amides is 2. The van der Waals surface area contributed by atoms with Gasteiger partial charge < -0.3 is 15.3 Å². The molecule has 19 heavy (non-hydrogen) atoms. The van der Waals surface area contributed by atoms with E-state index in [1.807, 2.05) is 4.90 Å². The normalized spacial score (nSPS) is 30.1. The second-order valence-electron chi connectivity index (χ2n) is 6.35. The first kappa shape index (κ1) is 14.2. The molecule has 2 atom stereocenters. The summed E-state index contributed by atoms with van der Waals surface area (Å²) in [7, 11) is 0. The number of nitrogens with one attached hydrogen (secondary N) is 1. The van der Waals surface area contributed by atoms with E-state index in [-0.39, 0.29) is 17.6 Å². The van der Waals surface area contributed by atoms with Crippen LogP contribution in [0.5, 0.6) is 0 Å². The van der Waals surface area contributed by atoms with E-state index in [2.05, 4.69) is 19.2 Å². The molecule has 1 aliphatic carbocycles. The zero-order valence-corrected chi connectivity index (χ0v) is 11.8. The number of carbonyl (C=O) groups excluding carboxylic acids is 1. The maximum absolute atomic E-state index is 12.3. The number of hydrogen-bond acceptors (Lipinski definition) is 2. The molecule has 1 saturated carbocycles. The van der Waals surface area contributed by atoms with Crippen LogP contribution < -0.4 is 5.32 Å². The summed E-state index contributed by atoms with van der Waals surface area (Å²) in [5, 5.41) is 12.2. The highest BCUT2D eigenvalue weighted by atomic mass is 16.4.